The minimum absolute atomic E-state index is 0.0345. The minimum Gasteiger partial charge on any atom is -0.465 e. The molecule has 4 nitrogen and oxygen atoms in total. The quantitative estimate of drug-likeness (QED) is 0.241. The van der Waals surface area contributed by atoms with Crippen molar-refractivity contribution >= 4 is 28.2 Å². The summed E-state index contributed by atoms with van der Waals surface area (Å²) in [5.74, 6) is -0.435. The highest BCUT2D eigenvalue weighted by Gasteiger charge is 2.20. The zero-order valence-electron chi connectivity index (χ0n) is 19.6. The van der Waals surface area contributed by atoms with E-state index < -0.39 is 5.97 Å². The van der Waals surface area contributed by atoms with Gasteiger partial charge in [-0.05, 0) is 55.0 Å². The third-order valence-corrected chi connectivity index (χ3v) is 6.13. The Labute approximate surface area is 200 Å². The normalized spacial score (nSPS) is 10.8. The summed E-state index contributed by atoms with van der Waals surface area (Å²) in [7, 11) is 1.39. The fourth-order valence-electron chi connectivity index (χ4n) is 4.41. The van der Waals surface area contributed by atoms with Crippen LogP contribution in [0.15, 0.2) is 84.9 Å². The van der Waals surface area contributed by atoms with Crippen LogP contribution in [-0.2, 0) is 24.0 Å². The Morgan fingerprint density at radius 2 is 1.32 bits per heavy atom. The topological polar surface area (TPSA) is 55.4 Å². The molecule has 0 aliphatic carbocycles. The van der Waals surface area contributed by atoms with Crippen LogP contribution in [0, 0.1) is 0 Å². The smallest absolute Gasteiger partial charge is 0.338 e. The number of hydrogen-bond donors (Lipinski definition) is 1. The minimum atomic E-state index is -0.400. The van der Waals surface area contributed by atoms with E-state index in [1.165, 1.54) is 18.2 Å². The van der Waals surface area contributed by atoms with Crippen LogP contribution in [0.5, 0.6) is 0 Å². The van der Waals surface area contributed by atoms with Crippen LogP contribution in [0.2, 0.25) is 0 Å². The molecule has 0 aliphatic rings. The van der Waals surface area contributed by atoms with Crippen molar-refractivity contribution in [1.82, 2.24) is 0 Å². The van der Waals surface area contributed by atoms with Crippen LogP contribution in [0.4, 0.5) is 5.69 Å². The SMILES string of the molecule is COC(=O)c1ccc(NCCc2ccccc2)c2c(C(C)=O)ccc(CCc3ccccc3)c12. The number of anilines is 1. The van der Waals surface area contributed by atoms with E-state index in [0.717, 1.165) is 41.3 Å². The summed E-state index contributed by atoms with van der Waals surface area (Å²) in [6.07, 6.45) is 2.43. The number of nitrogens with one attached hydrogen (secondary N) is 1. The summed E-state index contributed by atoms with van der Waals surface area (Å²) in [5.41, 5.74) is 5.42. The Morgan fingerprint density at radius 3 is 1.94 bits per heavy atom. The molecule has 0 bridgehead atoms. The summed E-state index contributed by atoms with van der Waals surface area (Å²) >= 11 is 0. The number of Topliss-reactive ketones (excluding diaryl/α,β-unsaturated/α-hetero) is 1. The maximum absolute atomic E-state index is 12.7. The zero-order valence-corrected chi connectivity index (χ0v) is 19.6. The molecular weight excluding hydrogens is 422 g/mol. The van der Waals surface area contributed by atoms with E-state index in [0.29, 0.717) is 17.7 Å². The molecule has 0 aliphatic heterocycles. The van der Waals surface area contributed by atoms with Gasteiger partial charge in [-0.2, -0.15) is 0 Å². The van der Waals surface area contributed by atoms with Crippen LogP contribution in [0.3, 0.4) is 0 Å². The van der Waals surface area contributed by atoms with Crippen molar-refractivity contribution in [2.24, 2.45) is 0 Å². The molecule has 4 aromatic carbocycles. The van der Waals surface area contributed by atoms with Crippen molar-refractivity contribution in [2.75, 3.05) is 19.0 Å². The first kappa shape index (κ1) is 23.2. The summed E-state index contributed by atoms with van der Waals surface area (Å²) in [6.45, 7) is 2.28. The molecule has 172 valence electrons. The number of methoxy groups -OCH3 is 1. The third-order valence-electron chi connectivity index (χ3n) is 6.13. The van der Waals surface area contributed by atoms with Gasteiger partial charge in [0.2, 0.25) is 0 Å². The summed E-state index contributed by atoms with van der Waals surface area (Å²) in [5, 5.41) is 5.09. The second kappa shape index (κ2) is 10.8. The fourth-order valence-corrected chi connectivity index (χ4v) is 4.41. The lowest BCUT2D eigenvalue weighted by molar-refractivity contribution is 0.0602. The summed E-state index contributed by atoms with van der Waals surface area (Å²) in [6, 6.07) is 28.1. The van der Waals surface area contributed by atoms with Gasteiger partial charge in [0.1, 0.15) is 0 Å². The van der Waals surface area contributed by atoms with Gasteiger partial charge in [0.15, 0.2) is 5.78 Å². The Hall–Kier alpha value is -3.92. The molecule has 0 heterocycles. The molecule has 4 heteroatoms. The van der Waals surface area contributed by atoms with Gasteiger partial charge in [0, 0.05) is 28.6 Å². The van der Waals surface area contributed by atoms with Crippen molar-refractivity contribution in [2.45, 2.75) is 26.2 Å². The standard InChI is InChI=1S/C30H29NO3/c1-21(32)25-16-15-24(14-13-22-9-5-3-6-10-22)28-26(30(33)34-2)17-18-27(29(25)28)31-20-19-23-11-7-4-8-12-23/h3-12,15-18,31H,13-14,19-20H2,1-2H3. The Kier molecular flexibility index (Phi) is 7.38. The van der Waals surface area contributed by atoms with Gasteiger partial charge < -0.3 is 10.1 Å². The number of carbonyl (C=O) groups excluding carboxylic acids is 2. The van der Waals surface area contributed by atoms with Crippen LogP contribution < -0.4 is 5.32 Å². The number of ether oxygens (including phenoxy) is 1. The van der Waals surface area contributed by atoms with E-state index in [4.69, 9.17) is 4.74 Å². The first-order valence-corrected chi connectivity index (χ1v) is 11.6. The number of fused-ring (bicyclic) bond motifs is 1. The molecule has 0 amide bonds. The average Bonchev–Trinajstić information content (AvgIpc) is 2.88. The van der Waals surface area contributed by atoms with Crippen molar-refractivity contribution in [3.8, 4) is 0 Å². The third kappa shape index (κ3) is 5.18. The van der Waals surface area contributed by atoms with Crippen molar-refractivity contribution < 1.29 is 14.3 Å². The summed E-state index contributed by atoms with van der Waals surface area (Å²) < 4.78 is 5.10. The molecule has 34 heavy (non-hydrogen) atoms. The molecule has 0 atom stereocenters. The molecule has 0 saturated carbocycles. The lowest BCUT2D eigenvalue weighted by atomic mass is 9.90. The average molecular weight is 452 g/mol. The van der Waals surface area contributed by atoms with Gasteiger partial charge >= 0.3 is 5.97 Å². The number of benzene rings is 4. The maximum atomic E-state index is 12.7. The second-order valence-corrected chi connectivity index (χ2v) is 8.38. The van der Waals surface area contributed by atoms with Crippen LogP contribution in [-0.4, -0.2) is 25.4 Å². The van der Waals surface area contributed by atoms with Crippen LogP contribution in [0.25, 0.3) is 10.8 Å². The van der Waals surface area contributed by atoms with Gasteiger partial charge in [-0.15, -0.1) is 0 Å². The number of hydrogen-bond acceptors (Lipinski definition) is 4. The van der Waals surface area contributed by atoms with Crippen LogP contribution in [0.1, 0.15) is 44.3 Å². The predicted octanol–water partition coefficient (Wildman–Crippen LogP) is 6.27. The predicted molar refractivity (Wildman–Crippen MR) is 138 cm³/mol. The fraction of sp³-hybridized carbons (Fsp3) is 0.200. The molecular formula is C30H29NO3. The Bertz CT molecular complexity index is 1300. The molecule has 4 aromatic rings. The number of rotatable bonds is 9. The summed E-state index contributed by atoms with van der Waals surface area (Å²) in [4.78, 5) is 25.3. The van der Waals surface area contributed by atoms with Crippen molar-refractivity contribution in [1.29, 1.82) is 0 Å². The number of esters is 1. The van der Waals surface area contributed by atoms with Gasteiger partial charge in [-0.3, -0.25) is 4.79 Å². The van der Waals surface area contributed by atoms with E-state index in [1.807, 2.05) is 54.6 Å². The Balaban J connectivity index is 1.77. The maximum Gasteiger partial charge on any atom is 0.338 e. The zero-order chi connectivity index (χ0) is 23.9. The van der Waals surface area contributed by atoms with Crippen molar-refractivity contribution in [3.63, 3.8) is 0 Å². The number of carbonyl (C=O) groups is 2. The van der Waals surface area contributed by atoms with E-state index >= 15 is 0 Å². The van der Waals surface area contributed by atoms with Crippen molar-refractivity contribution in [3.05, 3.63) is 113 Å². The molecule has 0 unspecified atom stereocenters. The molecule has 0 fully saturated rings. The monoisotopic (exact) mass is 451 g/mol. The molecule has 4 rings (SSSR count). The molecule has 1 N–H and O–H groups in total. The highest BCUT2D eigenvalue weighted by molar-refractivity contribution is 6.17. The van der Waals surface area contributed by atoms with Gasteiger partial charge in [-0.25, -0.2) is 4.79 Å². The van der Waals surface area contributed by atoms with E-state index in [1.54, 1.807) is 13.0 Å². The van der Waals surface area contributed by atoms with Crippen LogP contribution >= 0.6 is 0 Å². The number of aryl methyl sites for hydroxylation is 2. The largest absolute Gasteiger partial charge is 0.465 e. The number of ketones is 1. The van der Waals surface area contributed by atoms with E-state index in [9.17, 15) is 9.59 Å². The molecule has 0 saturated heterocycles. The second-order valence-electron chi connectivity index (χ2n) is 8.38. The Morgan fingerprint density at radius 1 is 0.706 bits per heavy atom. The lowest BCUT2D eigenvalue weighted by Gasteiger charge is -2.18. The van der Waals surface area contributed by atoms with E-state index in [2.05, 4.69) is 29.6 Å². The van der Waals surface area contributed by atoms with E-state index in [-0.39, 0.29) is 5.78 Å². The highest BCUT2D eigenvalue weighted by Crippen LogP contribution is 2.34. The molecule has 0 radical (unpaired) electrons. The first-order valence-electron chi connectivity index (χ1n) is 11.6. The van der Waals surface area contributed by atoms with Gasteiger partial charge in [-0.1, -0.05) is 72.8 Å². The van der Waals surface area contributed by atoms with Gasteiger partial charge in [0.05, 0.1) is 12.7 Å². The molecule has 0 spiro atoms. The molecule has 0 aromatic heterocycles. The highest BCUT2D eigenvalue weighted by atomic mass is 16.5. The van der Waals surface area contributed by atoms with Gasteiger partial charge in [0.25, 0.3) is 0 Å². The first-order chi connectivity index (χ1) is 16.6. The lowest BCUT2D eigenvalue weighted by Crippen LogP contribution is -2.10.